The molecule has 0 spiro atoms. The zero-order valence-corrected chi connectivity index (χ0v) is 17.4. The summed E-state index contributed by atoms with van der Waals surface area (Å²) in [7, 11) is 0. The molecule has 1 aliphatic heterocycles. The molecular weight excluding hydrogens is 411 g/mol. The van der Waals surface area contributed by atoms with Gasteiger partial charge >= 0.3 is 0 Å². The van der Waals surface area contributed by atoms with Crippen LogP contribution < -0.4 is 9.64 Å². The summed E-state index contributed by atoms with van der Waals surface area (Å²) in [6, 6.07) is 16.1. The average molecular weight is 432 g/mol. The topological polar surface area (TPSA) is 79.7 Å². The van der Waals surface area contributed by atoms with Crippen LogP contribution in [0.5, 0.6) is 5.75 Å². The first kappa shape index (κ1) is 21.2. The van der Waals surface area contributed by atoms with Crippen LogP contribution in [0.4, 0.5) is 10.1 Å². The van der Waals surface area contributed by atoms with E-state index in [1.165, 1.54) is 29.2 Å². The van der Waals surface area contributed by atoms with Gasteiger partial charge in [0.25, 0.3) is 11.7 Å². The van der Waals surface area contributed by atoms with Crippen molar-refractivity contribution in [3.8, 4) is 5.75 Å². The Morgan fingerprint density at radius 2 is 1.88 bits per heavy atom. The second-order valence-electron chi connectivity index (χ2n) is 7.28. The summed E-state index contributed by atoms with van der Waals surface area (Å²) in [6.07, 6.45) is 2.36. The van der Waals surface area contributed by atoms with Crippen molar-refractivity contribution in [3.63, 3.8) is 0 Å². The molecule has 1 saturated heterocycles. The van der Waals surface area contributed by atoms with Gasteiger partial charge in [-0.1, -0.05) is 25.1 Å². The lowest BCUT2D eigenvalue weighted by Crippen LogP contribution is -2.29. The molecule has 0 saturated carbocycles. The van der Waals surface area contributed by atoms with Gasteiger partial charge < -0.3 is 9.84 Å². The van der Waals surface area contributed by atoms with E-state index in [1.54, 1.807) is 48.7 Å². The minimum absolute atomic E-state index is 0.0920. The number of aliphatic hydroxyl groups excluding tert-OH is 1. The molecular formula is C25H21FN2O4. The van der Waals surface area contributed by atoms with Crippen LogP contribution in [0.3, 0.4) is 0 Å². The van der Waals surface area contributed by atoms with Crippen molar-refractivity contribution < 1.29 is 23.8 Å². The van der Waals surface area contributed by atoms with Crippen molar-refractivity contribution in [2.75, 3.05) is 11.5 Å². The molecule has 0 bridgehead atoms. The molecule has 1 aliphatic rings. The van der Waals surface area contributed by atoms with Gasteiger partial charge in [-0.25, -0.2) is 4.39 Å². The van der Waals surface area contributed by atoms with Gasteiger partial charge in [-0.2, -0.15) is 0 Å². The Kier molecular flexibility index (Phi) is 5.98. The predicted molar refractivity (Wildman–Crippen MR) is 118 cm³/mol. The molecule has 4 rings (SSSR count). The summed E-state index contributed by atoms with van der Waals surface area (Å²) >= 11 is 0. The fraction of sp³-hybridized carbons (Fsp3) is 0.160. The number of ketones is 1. The molecule has 1 aromatic heterocycles. The van der Waals surface area contributed by atoms with Crippen LogP contribution in [-0.2, 0) is 9.59 Å². The van der Waals surface area contributed by atoms with Crippen LogP contribution in [0.2, 0.25) is 0 Å². The molecule has 1 atom stereocenters. The van der Waals surface area contributed by atoms with Crippen LogP contribution in [0, 0.1) is 5.82 Å². The highest BCUT2D eigenvalue weighted by Gasteiger charge is 2.47. The van der Waals surface area contributed by atoms with Crippen molar-refractivity contribution >= 4 is 23.1 Å². The zero-order valence-electron chi connectivity index (χ0n) is 17.4. The van der Waals surface area contributed by atoms with E-state index in [4.69, 9.17) is 4.74 Å². The number of aromatic nitrogens is 1. The molecule has 1 unspecified atom stereocenters. The Morgan fingerprint density at radius 1 is 1.09 bits per heavy atom. The van der Waals surface area contributed by atoms with Gasteiger partial charge in [0, 0.05) is 17.4 Å². The lowest BCUT2D eigenvalue weighted by molar-refractivity contribution is -0.132. The van der Waals surface area contributed by atoms with E-state index >= 15 is 0 Å². The highest BCUT2D eigenvalue weighted by Crippen LogP contribution is 2.41. The van der Waals surface area contributed by atoms with Gasteiger partial charge in [0.05, 0.1) is 17.9 Å². The number of hydrogen-bond acceptors (Lipinski definition) is 5. The molecule has 6 nitrogen and oxygen atoms in total. The number of aliphatic hydroxyl groups is 1. The summed E-state index contributed by atoms with van der Waals surface area (Å²) in [5, 5.41) is 11.1. The predicted octanol–water partition coefficient (Wildman–Crippen LogP) is 4.64. The fourth-order valence-electron chi connectivity index (χ4n) is 3.63. The first-order valence-corrected chi connectivity index (χ1v) is 10.2. The molecule has 3 aromatic rings. The Labute approximate surface area is 184 Å². The maximum Gasteiger partial charge on any atom is 0.300 e. The molecule has 0 radical (unpaired) electrons. The second kappa shape index (κ2) is 9.01. The smallest absolute Gasteiger partial charge is 0.300 e. The van der Waals surface area contributed by atoms with Crippen LogP contribution in [0.15, 0.2) is 78.5 Å². The monoisotopic (exact) mass is 432 g/mol. The van der Waals surface area contributed by atoms with Crippen molar-refractivity contribution in [2.24, 2.45) is 0 Å². The first-order valence-electron chi connectivity index (χ1n) is 10.2. The molecule has 2 aromatic carbocycles. The number of carbonyl (C=O) groups excluding carboxylic acids is 2. The quantitative estimate of drug-likeness (QED) is 0.349. The largest absolute Gasteiger partial charge is 0.507 e. The third-order valence-electron chi connectivity index (χ3n) is 5.10. The Hall–Kier alpha value is -4.00. The SMILES string of the molecule is CCCOc1cccc(/C(O)=C2/C(=O)C(=O)N(c3ccc(F)cc3)C2c2ccccn2)c1. The average Bonchev–Trinajstić information content (AvgIpc) is 3.09. The highest BCUT2D eigenvalue weighted by atomic mass is 19.1. The van der Waals surface area contributed by atoms with Crippen LogP contribution in [0.25, 0.3) is 5.76 Å². The minimum Gasteiger partial charge on any atom is -0.507 e. The van der Waals surface area contributed by atoms with Gasteiger partial charge in [0.2, 0.25) is 0 Å². The standard InChI is InChI=1S/C25H21FN2O4/c1-2-14-32-19-7-5-6-16(15-19)23(29)21-22(20-8-3-4-13-27-20)28(25(31)24(21)30)18-11-9-17(26)10-12-18/h3-13,15,22,29H,2,14H2,1H3/b23-21-. The Bertz CT molecular complexity index is 1180. The van der Waals surface area contributed by atoms with Crippen molar-refractivity contribution in [1.82, 2.24) is 4.98 Å². The number of rotatable bonds is 6. The van der Waals surface area contributed by atoms with Crippen LogP contribution in [-0.4, -0.2) is 28.4 Å². The van der Waals surface area contributed by atoms with E-state index in [2.05, 4.69) is 4.98 Å². The van der Waals surface area contributed by atoms with Crippen molar-refractivity contribution in [3.05, 3.63) is 95.6 Å². The summed E-state index contributed by atoms with van der Waals surface area (Å²) in [4.78, 5) is 31.6. The lowest BCUT2D eigenvalue weighted by atomic mass is 9.98. The molecule has 0 aliphatic carbocycles. The number of carbonyl (C=O) groups is 2. The van der Waals surface area contributed by atoms with E-state index in [9.17, 15) is 19.1 Å². The van der Waals surface area contributed by atoms with Crippen molar-refractivity contribution in [1.29, 1.82) is 0 Å². The lowest BCUT2D eigenvalue weighted by Gasteiger charge is -2.24. The maximum absolute atomic E-state index is 13.5. The van der Waals surface area contributed by atoms with Gasteiger partial charge in [-0.05, 0) is 55.0 Å². The number of ether oxygens (including phenoxy) is 1. The number of hydrogen-bond donors (Lipinski definition) is 1. The number of halogens is 1. The van der Waals surface area contributed by atoms with Gasteiger partial charge in [0.1, 0.15) is 23.4 Å². The summed E-state index contributed by atoms with van der Waals surface area (Å²) in [5.41, 5.74) is 0.974. The van der Waals surface area contributed by atoms with E-state index in [-0.39, 0.29) is 11.3 Å². The van der Waals surface area contributed by atoms with Gasteiger partial charge in [0.15, 0.2) is 0 Å². The Balaban J connectivity index is 1.87. The molecule has 1 fully saturated rings. The zero-order chi connectivity index (χ0) is 22.7. The van der Waals surface area contributed by atoms with E-state index < -0.39 is 23.5 Å². The summed E-state index contributed by atoms with van der Waals surface area (Å²) in [5.74, 6) is -1.93. The van der Waals surface area contributed by atoms with E-state index in [0.717, 1.165) is 6.42 Å². The number of benzene rings is 2. The fourth-order valence-corrected chi connectivity index (χ4v) is 3.63. The third kappa shape index (κ3) is 3.97. The number of amides is 1. The summed E-state index contributed by atoms with van der Waals surface area (Å²) < 4.78 is 19.1. The second-order valence-corrected chi connectivity index (χ2v) is 7.28. The number of anilines is 1. The normalized spacial score (nSPS) is 17.6. The summed E-state index contributed by atoms with van der Waals surface area (Å²) in [6.45, 7) is 2.49. The first-order chi connectivity index (χ1) is 15.5. The number of nitrogens with zero attached hydrogens (tertiary/aromatic N) is 2. The maximum atomic E-state index is 13.5. The molecule has 1 N–H and O–H groups in total. The van der Waals surface area contributed by atoms with Crippen LogP contribution >= 0.6 is 0 Å². The Morgan fingerprint density at radius 3 is 2.56 bits per heavy atom. The molecule has 162 valence electrons. The number of pyridine rings is 1. The van der Waals surface area contributed by atoms with E-state index in [0.29, 0.717) is 29.3 Å². The minimum atomic E-state index is -0.970. The highest BCUT2D eigenvalue weighted by molar-refractivity contribution is 6.51. The van der Waals surface area contributed by atoms with Gasteiger partial charge in [-0.3, -0.25) is 19.5 Å². The van der Waals surface area contributed by atoms with Gasteiger partial charge in [-0.15, -0.1) is 0 Å². The molecule has 1 amide bonds. The molecule has 2 heterocycles. The third-order valence-corrected chi connectivity index (χ3v) is 5.10. The van der Waals surface area contributed by atoms with E-state index in [1.807, 2.05) is 6.92 Å². The van der Waals surface area contributed by atoms with Crippen LogP contribution in [0.1, 0.15) is 30.6 Å². The number of Topliss-reactive ketones (excluding diaryl/α,β-unsaturated/α-hetero) is 1. The molecule has 7 heteroatoms. The van der Waals surface area contributed by atoms with Crippen molar-refractivity contribution in [2.45, 2.75) is 19.4 Å². The molecule has 32 heavy (non-hydrogen) atoms.